The van der Waals surface area contributed by atoms with Crippen molar-refractivity contribution in [2.75, 3.05) is 4.90 Å². The Labute approximate surface area is 264 Å². The van der Waals surface area contributed by atoms with Gasteiger partial charge in [-0.15, -0.1) is 0 Å². The van der Waals surface area contributed by atoms with Crippen molar-refractivity contribution in [3.63, 3.8) is 0 Å². The molecule has 0 spiro atoms. The molecule has 3 aromatic rings. The lowest BCUT2D eigenvalue weighted by Gasteiger charge is -2.44. The van der Waals surface area contributed by atoms with Crippen LogP contribution in [0.15, 0.2) is 71.2 Å². The van der Waals surface area contributed by atoms with Crippen molar-refractivity contribution in [3.05, 3.63) is 119 Å². The quantitative estimate of drug-likeness (QED) is 0.214. The number of benzene rings is 3. The van der Waals surface area contributed by atoms with Crippen LogP contribution in [0.1, 0.15) is 54.9 Å². The number of nitriles is 1. The van der Waals surface area contributed by atoms with Gasteiger partial charge in [0.2, 0.25) is 0 Å². The van der Waals surface area contributed by atoms with Gasteiger partial charge in [-0.05, 0) is 66.6 Å². The highest BCUT2D eigenvalue weighted by atomic mass is 35.5. The van der Waals surface area contributed by atoms with E-state index >= 15 is 0 Å². The summed E-state index contributed by atoms with van der Waals surface area (Å²) in [5, 5.41) is 22.5. The van der Waals surface area contributed by atoms with Gasteiger partial charge in [-0.3, -0.25) is 19.8 Å². The van der Waals surface area contributed by atoms with Crippen LogP contribution in [0.3, 0.4) is 0 Å². The Hall–Kier alpha value is -4.39. The molecule has 1 aliphatic heterocycles. The number of nitrogens with two attached hydrogens (primary N) is 1. The molecule has 2 N–H and O–H groups in total. The predicted molar refractivity (Wildman–Crippen MR) is 167 cm³/mol. The lowest BCUT2D eigenvalue weighted by molar-refractivity contribution is -0.384. The van der Waals surface area contributed by atoms with Gasteiger partial charge >= 0.3 is 0 Å². The zero-order chi connectivity index (χ0) is 32.1. The first-order chi connectivity index (χ1) is 20.7. The summed E-state index contributed by atoms with van der Waals surface area (Å²) < 4.78 is 19.5. The first-order valence-corrected chi connectivity index (χ1v) is 14.6. The van der Waals surface area contributed by atoms with E-state index in [4.69, 9.17) is 33.7 Å². The van der Waals surface area contributed by atoms with Gasteiger partial charge in [0.1, 0.15) is 24.0 Å². The second-order valence-corrected chi connectivity index (χ2v) is 12.7. The van der Waals surface area contributed by atoms with E-state index < -0.39 is 22.1 Å². The number of ketones is 1. The number of rotatable bonds is 6. The minimum absolute atomic E-state index is 0.0425. The first kappa shape index (κ1) is 31.0. The summed E-state index contributed by atoms with van der Waals surface area (Å²) in [7, 11) is 0. The van der Waals surface area contributed by atoms with Crippen molar-refractivity contribution >= 4 is 40.4 Å². The molecule has 1 heterocycles. The standard InChI is InChI=1S/C33H29Cl2FN4O4/c1-17-9-19(16-44-29-8-5-20(36)11-25(29)35)18(2)22(10-17)30-23(15-37)32(38)39(26-12-21(40(42)43)6-7-24(26)34)27-13-33(3,4)14-28(41)31(27)30/h5-12,30H,13-14,16,38H2,1-4H3. The highest BCUT2D eigenvalue weighted by molar-refractivity contribution is 6.33. The van der Waals surface area contributed by atoms with Gasteiger partial charge in [-0.25, -0.2) is 4.39 Å². The molecule has 44 heavy (non-hydrogen) atoms. The second kappa shape index (κ2) is 11.6. The number of hydrogen-bond donors (Lipinski definition) is 1. The number of Topliss-reactive ketones (excluding diaryl/α,β-unsaturated/α-hetero) is 1. The largest absolute Gasteiger partial charge is 0.487 e. The molecule has 0 amide bonds. The van der Waals surface area contributed by atoms with Crippen molar-refractivity contribution < 1.29 is 18.8 Å². The topological polar surface area (TPSA) is 122 Å². The summed E-state index contributed by atoms with van der Waals surface area (Å²) in [6.07, 6.45) is 0.647. The number of halogens is 3. The highest BCUT2D eigenvalue weighted by Crippen LogP contribution is 2.52. The normalized spacial score (nSPS) is 17.8. The van der Waals surface area contributed by atoms with Crippen LogP contribution in [0.25, 0.3) is 0 Å². The molecule has 5 rings (SSSR count). The highest BCUT2D eigenvalue weighted by Gasteiger charge is 2.45. The van der Waals surface area contributed by atoms with Crippen molar-refractivity contribution in [3.8, 4) is 11.8 Å². The molecule has 1 unspecified atom stereocenters. The smallest absolute Gasteiger partial charge is 0.271 e. The molecule has 226 valence electrons. The van der Waals surface area contributed by atoms with Gasteiger partial charge in [0.05, 0.1) is 38.2 Å². The average Bonchev–Trinajstić information content (AvgIpc) is 2.93. The second-order valence-electron chi connectivity index (χ2n) is 11.9. The third-order valence-corrected chi connectivity index (χ3v) is 8.67. The fourth-order valence-corrected chi connectivity index (χ4v) is 6.47. The number of hydrogen-bond acceptors (Lipinski definition) is 7. The number of anilines is 1. The molecule has 0 saturated heterocycles. The number of nitro benzene ring substituents is 1. The fourth-order valence-electron chi connectivity index (χ4n) is 6.04. The van der Waals surface area contributed by atoms with Crippen LogP contribution in [-0.2, 0) is 11.4 Å². The van der Waals surface area contributed by atoms with Crippen molar-refractivity contribution in [2.45, 2.75) is 53.1 Å². The number of ether oxygens (including phenoxy) is 1. The number of carbonyl (C=O) groups excluding carboxylic acids is 1. The number of carbonyl (C=O) groups is 1. The molecular weight excluding hydrogens is 606 g/mol. The SMILES string of the molecule is Cc1cc(COc2ccc(F)cc2Cl)c(C)c(C2C(C#N)=C(N)N(c3cc([N+](=O)[O-])ccc3Cl)C3=C2C(=O)CC(C)(C)C3)c1. The molecule has 1 aliphatic carbocycles. The van der Waals surface area contributed by atoms with E-state index in [-0.39, 0.29) is 51.6 Å². The van der Waals surface area contributed by atoms with Crippen LogP contribution in [-0.4, -0.2) is 10.7 Å². The predicted octanol–water partition coefficient (Wildman–Crippen LogP) is 8.18. The third kappa shape index (κ3) is 5.63. The van der Waals surface area contributed by atoms with Gasteiger partial charge < -0.3 is 10.5 Å². The molecule has 0 saturated carbocycles. The van der Waals surface area contributed by atoms with E-state index in [0.29, 0.717) is 29.0 Å². The maximum absolute atomic E-state index is 14.0. The Morgan fingerprint density at radius 2 is 1.86 bits per heavy atom. The molecule has 0 fully saturated rings. The number of aryl methyl sites for hydroxylation is 1. The summed E-state index contributed by atoms with van der Waals surface area (Å²) in [6.45, 7) is 7.80. The van der Waals surface area contributed by atoms with Crippen LogP contribution >= 0.6 is 23.2 Å². The number of non-ortho nitro benzene ring substituents is 1. The molecule has 2 aliphatic rings. The molecule has 3 aromatic carbocycles. The minimum Gasteiger partial charge on any atom is -0.487 e. The molecule has 11 heteroatoms. The average molecular weight is 636 g/mol. The lowest BCUT2D eigenvalue weighted by Crippen LogP contribution is -2.42. The van der Waals surface area contributed by atoms with Crippen molar-refractivity contribution in [1.82, 2.24) is 0 Å². The van der Waals surface area contributed by atoms with Crippen molar-refractivity contribution in [2.24, 2.45) is 11.1 Å². The van der Waals surface area contributed by atoms with E-state index in [1.54, 1.807) is 0 Å². The Bertz CT molecular complexity index is 1840. The number of nitrogens with zero attached hydrogens (tertiary/aromatic N) is 3. The minimum atomic E-state index is -0.791. The summed E-state index contributed by atoms with van der Waals surface area (Å²) in [4.78, 5) is 26.7. The van der Waals surface area contributed by atoms with Crippen molar-refractivity contribution in [1.29, 1.82) is 5.26 Å². The summed E-state index contributed by atoms with van der Waals surface area (Å²) in [6, 6.07) is 14.0. The molecule has 1 atom stereocenters. The van der Waals surface area contributed by atoms with Crippen LogP contribution < -0.4 is 15.4 Å². The van der Waals surface area contributed by atoms with Gasteiger partial charge in [0, 0.05) is 29.8 Å². The molecule has 8 nitrogen and oxygen atoms in total. The summed E-state index contributed by atoms with van der Waals surface area (Å²) >= 11 is 12.8. The van der Waals surface area contributed by atoms with E-state index in [2.05, 4.69) is 6.07 Å². The van der Waals surface area contributed by atoms with Gasteiger partial charge in [0.15, 0.2) is 5.78 Å². The maximum atomic E-state index is 14.0. The Morgan fingerprint density at radius 3 is 2.52 bits per heavy atom. The van der Waals surface area contributed by atoms with Crippen LogP contribution in [0.2, 0.25) is 10.0 Å². The third-order valence-electron chi connectivity index (χ3n) is 8.05. The number of allylic oxidation sites excluding steroid dienone is 3. The van der Waals surface area contributed by atoms with Gasteiger partial charge in [0.25, 0.3) is 5.69 Å². The summed E-state index contributed by atoms with van der Waals surface area (Å²) in [5.41, 5.74) is 10.5. The Balaban J connectivity index is 1.70. The van der Waals surface area contributed by atoms with Gasteiger partial charge in [-0.2, -0.15) is 5.26 Å². The molecule has 0 aromatic heterocycles. The monoisotopic (exact) mass is 634 g/mol. The van der Waals surface area contributed by atoms with E-state index in [0.717, 1.165) is 16.7 Å². The van der Waals surface area contributed by atoms with E-state index in [9.17, 15) is 24.6 Å². The molecule has 0 bridgehead atoms. The first-order valence-electron chi connectivity index (χ1n) is 13.8. The zero-order valence-corrected chi connectivity index (χ0v) is 26.0. The van der Waals surface area contributed by atoms with Gasteiger partial charge in [-0.1, -0.05) is 54.7 Å². The van der Waals surface area contributed by atoms with E-state index in [1.807, 2.05) is 39.8 Å². The van der Waals surface area contributed by atoms with Crippen LogP contribution in [0.4, 0.5) is 15.8 Å². The van der Waals surface area contributed by atoms with E-state index in [1.165, 1.54) is 41.3 Å². The Kier molecular flexibility index (Phi) is 8.19. The lowest BCUT2D eigenvalue weighted by atomic mass is 9.68. The molecule has 0 radical (unpaired) electrons. The Morgan fingerprint density at radius 1 is 1.14 bits per heavy atom. The zero-order valence-electron chi connectivity index (χ0n) is 24.5. The maximum Gasteiger partial charge on any atom is 0.271 e. The number of nitro groups is 1. The fraction of sp³-hybridized carbons (Fsp3) is 0.273. The summed E-state index contributed by atoms with van der Waals surface area (Å²) in [5.74, 6) is -1.06. The molecular formula is C33H29Cl2FN4O4. The van der Waals surface area contributed by atoms with Crippen LogP contribution in [0, 0.1) is 46.5 Å². The van der Waals surface area contributed by atoms with Crippen LogP contribution in [0.5, 0.6) is 5.75 Å².